The van der Waals surface area contributed by atoms with E-state index < -0.39 is 0 Å². The van der Waals surface area contributed by atoms with Crippen LogP contribution in [0.4, 0.5) is 0 Å². The minimum Gasteiger partial charge on any atom is -0.327 e. The fraction of sp³-hybridized carbons (Fsp3) is 0.462. The number of aromatic nitrogens is 2. The van der Waals surface area contributed by atoms with Gasteiger partial charge in [0.1, 0.15) is 0 Å². The zero-order chi connectivity index (χ0) is 11.7. The van der Waals surface area contributed by atoms with Crippen LogP contribution in [0.25, 0.3) is 0 Å². The number of nitrogens with zero attached hydrogens (tertiary/aromatic N) is 2. The predicted octanol–water partition coefficient (Wildman–Crippen LogP) is 2.63. The SMILES string of the molecule is CC(c1ccsc1)n1cncc1C1CCNC1. The van der Waals surface area contributed by atoms with Crippen LogP contribution < -0.4 is 5.32 Å². The van der Waals surface area contributed by atoms with Crippen LogP contribution in [0.15, 0.2) is 29.4 Å². The van der Waals surface area contributed by atoms with Gasteiger partial charge in [-0.05, 0) is 42.3 Å². The van der Waals surface area contributed by atoms with Crippen LogP contribution in [-0.2, 0) is 0 Å². The first-order valence-corrected chi connectivity index (χ1v) is 7.05. The normalized spacial score (nSPS) is 21.8. The fourth-order valence-electron chi connectivity index (χ4n) is 2.54. The summed E-state index contributed by atoms with van der Waals surface area (Å²) in [6, 6.07) is 2.59. The molecule has 1 aliphatic rings. The molecule has 0 bridgehead atoms. The van der Waals surface area contributed by atoms with Crippen molar-refractivity contribution in [3.05, 3.63) is 40.6 Å². The van der Waals surface area contributed by atoms with Gasteiger partial charge in [-0.25, -0.2) is 4.98 Å². The average Bonchev–Trinajstić information content (AvgIpc) is 3.09. The molecule has 3 heterocycles. The first kappa shape index (κ1) is 11.0. The highest BCUT2D eigenvalue weighted by atomic mass is 32.1. The topological polar surface area (TPSA) is 29.9 Å². The molecule has 0 radical (unpaired) electrons. The van der Waals surface area contributed by atoms with Crippen LogP contribution >= 0.6 is 11.3 Å². The van der Waals surface area contributed by atoms with E-state index >= 15 is 0 Å². The first-order valence-electron chi connectivity index (χ1n) is 6.11. The summed E-state index contributed by atoms with van der Waals surface area (Å²) in [7, 11) is 0. The van der Waals surface area contributed by atoms with E-state index in [1.165, 1.54) is 17.7 Å². The predicted molar refractivity (Wildman–Crippen MR) is 70.6 cm³/mol. The summed E-state index contributed by atoms with van der Waals surface area (Å²) in [5.41, 5.74) is 2.74. The third kappa shape index (κ3) is 2.03. The van der Waals surface area contributed by atoms with Crippen molar-refractivity contribution in [1.29, 1.82) is 0 Å². The zero-order valence-electron chi connectivity index (χ0n) is 9.97. The molecule has 0 spiro atoms. The molecule has 1 saturated heterocycles. The van der Waals surface area contributed by atoms with Crippen molar-refractivity contribution in [3.8, 4) is 0 Å². The summed E-state index contributed by atoms with van der Waals surface area (Å²) in [4.78, 5) is 4.34. The van der Waals surface area contributed by atoms with Crippen molar-refractivity contribution in [2.24, 2.45) is 0 Å². The molecular weight excluding hydrogens is 230 g/mol. The van der Waals surface area contributed by atoms with Crippen LogP contribution in [0.3, 0.4) is 0 Å². The van der Waals surface area contributed by atoms with E-state index in [0.29, 0.717) is 12.0 Å². The Kier molecular flexibility index (Phi) is 2.99. The lowest BCUT2D eigenvalue weighted by Crippen LogP contribution is -2.14. The van der Waals surface area contributed by atoms with E-state index in [1.54, 1.807) is 11.3 Å². The number of hydrogen-bond donors (Lipinski definition) is 1. The molecule has 90 valence electrons. The van der Waals surface area contributed by atoms with E-state index in [9.17, 15) is 0 Å². The largest absolute Gasteiger partial charge is 0.327 e. The van der Waals surface area contributed by atoms with Gasteiger partial charge >= 0.3 is 0 Å². The molecule has 1 fully saturated rings. The van der Waals surface area contributed by atoms with Gasteiger partial charge in [0.2, 0.25) is 0 Å². The van der Waals surface area contributed by atoms with Crippen molar-refractivity contribution in [1.82, 2.24) is 14.9 Å². The van der Waals surface area contributed by atoms with E-state index in [2.05, 4.69) is 38.6 Å². The number of rotatable bonds is 3. The highest BCUT2D eigenvalue weighted by Gasteiger charge is 2.22. The number of imidazole rings is 1. The number of hydrogen-bond acceptors (Lipinski definition) is 3. The second-order valence-corrected chi connectivity index (χ2v) is 5.43. The number of thiophene rings is 1. The Hall–Kier alpha value is -1.13. The monoisotopic (exact) mass is 247 g/mol. The minimum atomic E-state index is 0.388. The van der Waals surface area contributed by atoms with Crippen LogP contribution in [0.2, 0.25) is 0 Å². The molecule has 0 aromatic carbocycles. The quantitative estimate of drug-likeness (QED) is 0.903. The Bertz CT molecular complexity index is 469. The second kappa shape index (κ2) is 4.63. The molecular formula is C13H17N3S. The van der Waals surface area contributed by atoms with Crippen LogP contribution in [-0.4, -0.2) is 22.6 Å². The van der Waals surface area contributed by atoms with Crippen molar-refractivity contribution in [3.63, 3.8) is 0 Å². The summed E-state index contributed by atoms with van der Waals surface area (Å²) in [5, 5.41) is 7.78. The highest BCUT2D eigenvalue weighted by molar-refractivity contribution is 7.07. The molecule has 17 heavy (non-hydrogen) atoms. The lowest BCUT2D eigenvalue weighted by molar-refractivity contribution is 0.576. The van der Waals surface area contributed by atoms with E-state index in [-0.39, 0.29) is 0 Å². The molecule has 1 N–H and O–H groups in total. The third-order valence-electron chi connectivity index (χ3n) is 3.62. The summed E-state index contributed by atoms with van der Waals surface area (Å²) < 4.78 is 2.32. The molecule has 1 aliphatic heterocycles. The van der Waals surface area contributed by atoms with Gasteiger partial charge < -0.3 is 9.88 Å². The fourth-order valence-corrected chi connectivity index (χ4v) is 3.28. The molecule has 2 atom stereocenters. The first-order chi connectivity index (χ1) is 8.36. The van der Waals surface area contributed by atoms with Crippen LogP contribution in [0, 0.1) is 0 Å². The van der Waals surface area contributed by atoms with Gasteiger partial charge in [-0.1, -0.05) is 0 Å². The highest BCUT2D eigenvalue weighted by Crippen LogP contribution is 2.28. The smallest absolute Gasteiger partial charge is 0.0953 e. The Balaban J connectivity index is 1.90. The molecule has 2 unspecified atom stereocenters. The Morgan fingerprint density at radius 2 is 2.53 bits per heavy atom. The van der Waals surface area contributed by atoms with E-state index in [4.69, 9.17) is 0 Å². The van der Waals surface area contributed by atoms with Crippen LogP contribution in [0.5, 0.6) is 0 Å². The minimum absolute atomic E-state index is 0.388. The van der Waals surface area contributed by atoms with Crippen molar-refractivity contribution >= 4 is 11.3 Å². The Morgan fingerprint density at radius 3 is 3.24 bits per heavy atom. The van der Waals surface area contributed by atoms with Gasteiger partial charge in [0.25, 0.3) is 0 Å². The van der Waals surface area contributed by atoms with Gasteiger partial charge in [0.15, 0.2) is 0 Å². The summed E-state index contributed by atoms with van der Waals surface area (Å²) in [6.07, 6.45) is 5.22. The third-order valence-corrected chi connectivity index (χ3v) is 4.32. The maximum Gasteiger partial charge on any atom is 0.0953 e. The molecule has 3 rings (SSSR count). The summed E-state index contributed by atoms with van der Waals surface area (Å²) in [6.45, 7) is 4.46. The van der Waals surface area contributed by atoms with Crippen molar-refractivity contribution in [2.45, 2.75) is 25.3 Å². The molecule has 2 aromatic rings. The zero-order valence-corrected chi connectivity index (χ0v) is 10.8. The second-order valence-electron chi connectivity index (χ2n) is 4.65. The number of nitrogens with one attached hydrogen (secondary N) is 1. The van der Waals surface area contributed by atoms with Gasteiger partial charge in [0, 0.05) is 24.4 Å². The van der Waals surface area contributed by atoms with Gasteiger partial charge in [0.05, 0.1) is 12.4 Å². The maximum atomic E-state index is 4.34. The van der Waals surface area contributed by atoms with Gasteiger partial charge in [-0.3, -0.25) is 0 Å². The molecule has 0 saturated carbocycles. The van der Waals surface area contributed by atoms with Crippen LogP contribution in [0.1, 0.15) is 36.6 Å². The maximum absolute atomic E-state index is 4.34. The van der Waals surface area contributed by atoms with Crippen molar-refractivity contribution < 1.29 is 0 Å². The summed E-state index contributed by atoms with van der Waals surface area (Å²) in [5.74, 6) is 0.624. The standard InChI is InChI=1S/C13H17N3S/c1-10(12-3-5-17-8-12)16-9-15-7-13(16)11-2-4-14-6-11/h3,5,7-11,14H,2,4,6H2,1H3. The lowest BCUT2D eigenvalue weighted by atomic mass is 10.0. The average molecular weight is 247 g/mol. The molecule has 0 amide bonds. The lowest BCUT2D eigenvalue weighted by Gasteiger charge is -2.18. The Morgan fingerprint density at radius 1 is 1.59 bits per heavy atom. The summed E-state index contributed by atoms with van der Waals surface area (Å²) >= 11 is 1.76. The van der Waals surface area contributed by atoms with Gasteiger partial charge in [-0.2, -0.15) is 11.3 Å². The van der Waals surface area contributed by atoms with Crippen molar-refractivity contribution in [2.75, 3.05) is 13.1 Å². The van der Waals surface area contributed by atoms with E-state index in [1.807, 2.05) is 12.5 Å². The molecule has 0 aliphatic carbocycles. The van der Waals surface area contributed by atoms with Gasteiger partial charge in [-0.15, -0.1) is 0 Å². The van der Waals surface area contributed by atoms with E-state index in [0.717, 1.165) is 13.1 Å². The molecule has 4 heteroatoms. The Labute approximate surface area is 106 Å². The molecule has 3 nitrogen and oxygen atoms in total. The molecule has 2 aromatic heterocycles.